The van der Waals surface area contributed by atoms with Gasteiger partial charge in [0, 0.05) is 41.0 Å². The highest BCUT2D eigenvalue weighted by Gasteiger charge is 2.33. The van der Waals surface area contributed by atoms with Crippen LogP contribution in [-0.2, 0) is 0 Å². The molecule has 0 radical (unpaired) electrons. The fourth-order valence-electron chi connectivity index (χ4n) is 4.90. The van der Waals surface area contributed by atoms with Crippen LogP contribution in [-0.4, -0.2) is 36.9 Å². The maximum Gasteiger partial charge on any atom is 0.573 e. The number of rotatable bonds is 8. The predicted molar refractivity (Wildman–Crippen MR) is 139 cm³/mol. The van der Waals surface area contributed by atoms with Gasteiger partial charge in [-0.05, 0) is 56.0 Å². The predicted octanol–water partition coefficient (Wildman–Crippen LogP) is 7.12. The third-order valence-electron chi connectivity index (χ3n) is 6.53. The topological polar surface area (TPSA) is 54.5 Å². The summed E-state index contributed by atoms with van der Waals surface area (Å²) >= 11 is 3.49. The minimum atomic E-state index is -4.79. The van der Waals surface area contributed by atoms with Gasteiger partial charge in [-0.15, -0.1) is 13.2 Å². The van der Waals surface area contributed by atoms with E-state index >= 15 is 0 Å². The van der Waals surface area contributed by atoms with E-state index in [1.807, 2.05) is 32.0 Å². The second-order valence-corrected chi connectivity index (χ2v) is 9.99. The minimum Gasteiger partial charge on any atom is -0.405 e. The number of carbonyl (C=O) groups is 1. The van der Waals surface area contributed by atoms with Crippen LogP contribution in [0.4, 0.5) is 19.0 Å². The molecule has 2 heterocycles. The highest BCUT2D eigenvalue weighted by Crippen LogP contribution is 2.34. The maximum atomic E-state index is 13.6. The van der Waals surface area contributed by atoms with Gasteiger partial charge in [-0.1, -0.05) is 47.5 Å². The number of carbonyl (C=O) groups excluding carboxylic acids is 1. The van der Waals surface area contributed by atoms with Crippen LogP contribution in [0.5, 0.6) is 5.75 Å². The number of ether oxygens (including phenoxy) is 1. The number of nitrogens with zero attached hydrogens (tertiary/aromatic N) is 2. The Labute approximate surface area is 217 Å². The fourth-order valence-corrected chi connectivity index (χ4v) is 5.26. The first-order valence-corrected chi connectivity index (χ1v) is 12.9. The lowest BCUT2D eigenvalue weighted by Crippen LogP contribution is -2.31. The molecular formula is C27H29BrF3N3O2. The molecule has 9 heteroatoms. The van der Waals surface area contributed by atoms with Crippen LogP contribution in [0, 0.1) is 6.92 Å². The maximum absolute atomic E-state index is 13.6. The van der Waals surface area contributed by atoms with Crippen LogP contribution in [0.2, 0.25) is 0 Å². The van der Waals surface area contributed by atoms with Crippen molar-refractivity contribution in [1.29, 1.82) is 0 Å². The van der Waals surface area contributed by atoms with Crippen molar-refractivity contribution in [2.45, 2.75) is 51.8 Å². The molecule has 1 atom stereocenters. The Balaban J connectivity index is 1.66. The first kappa shape index (κ1) is 26.3. The molecule has 1 amide bonds. The number of aromatic nitrogens is 1. The number of hydrogen-bond donors (Lipinski definition) is 1. The minimum absolute atomic E-state index is 0.182. The zero-order valence-corrected chi connectivity index (χ0v) is 21.9. The molecule has 36 heavy (non-hydrogen) atoms. The summed E-state index contributed by atoms with van der Waals surface area (Å²) < 4.78 is 44.1. The van der Waals surface area contributed by atoms with Crippen LogP contribution in [0.1, 0.15) is 60.0 Å². The summed E-state index contributed by atoms with van der Waals surface area (Å²) in [5, 5.41) is 3.74. The number of alkyl halides is 3. The molecule has 1 aliphatic heterocycles. The van der Waals surface area contributed by atoms with Gasteiger partial charge in [0.05, 0.1) is 11.1 Å². The van der Waals surface area contributed by atoms with Gasteiger partial charge in [0.1, 0.15) is 11.6 Å². The molecule has 0 aliphatic carbocycles. The van der Waals surface area contributed by atoms with Crippen molar-refractivity contribution in [1.82, 2.24) is 10.3 Å². The normalized spacial score (nSPS) is 14.8. The third-order valence-corrected chi connectivity index (χ3v) is 7.02. The average Bonchev–Trinajstić information content (AvgIpc) is 3.35. The zero-order valence-electron chi connectivity index (χ0n) is 20.3. The Bertz CT molecular complexity index is 1240. The fraction of sp³-hybridized carbons (Fsp3) is 0.407. The number of hydrogen-bond acceptors (Lipinski definition) is 4. The van der Waals surface area contributed by atoms with Crippen molar-refractivity contribution in [2.24, 2.45) is 0 Å². The summed E-state index contributed by atoms with van der Waals surface area (Å²) in [5.41, 5.74) is 2.49. The van der Waals surface area contributed by atoms with E-state index in [-0.39, 0.29) is 24.1 Å². The summed E-state index contributed by atoms with van der Waals surface area (Å²) in [5.74, 6) is -0.0329. The molecule has 5 nitrogen and oxygen atoms in total. The second-order valence-electron chi connectivity index (χ2n) is 9.07. The highest BCUT2D eigenvalue weighted by molar-refractivity contribution is 9.10. The molecule has 0 bridgehead atoms. The van der Waals surface area contributed by atoms with Gasteiger partial charge in [0.2, 0.25) is 0 Å². The van der Waals surface area contributed by atoms with Crippen molar-refractivity contribution in [3.63, 3.8) is 0 Å². The number of fused-ring (bicyclic) bond motifs is 1. The van der Waals surface area contributed by atoms with Gasteiger partial charge in [0.15, 0.2) is 0 Å². The van der Waals surface area contributed by atoms with Crippen molar-refractivity contribution >= 4 is 38.6 Å². The summed E-state index contributed by atoms with van der Waals surface area (Å²) in [4.78, 5) is 20.7. The van der Waals surface area contributed by atoms with Gasteiger partial charge >= 0.3 is 6.36 Å². The quantitative estimate of drug-likeness (QED) is 0.317. The number of anilines is 1. The number of halogens is 4. The average molecular weight is 564 g/mol. The van der Waals surface area contributed by atoms with Crippen molar-refractivity contribution in [3.8, 4) is 5.75 Å². The van der Waals surface area contributed by atoms with E-state index < -0.39 is 6.36 Å². The first-order chi connectivity index (χ1) is 17.2. The Morgan fingerprint density at radius 1 is 1.19 bits per heavy atom. The molecule has 0 spiro atoms. The van der Waals surface area contributed by atoms with Crippen molar-refractivity contribution in [2.75, 3.05) is 24.5 Å². The summed E-state index contributed by atoms with van der Waals surface area (Å²) in [6.45, 7) is 5.84. The van der Waals surface area contributed by atoms with Crippen molar-refractivity contribution in [3.05, 3.63) is 63.6 Å². The van der Waals surface area contributed by atoms with Crippen LogP contribution < -0.4 is 15.0 Å². The molecule has 4 rings (SSSR count). The molecule has 1 N–H and O–H groups in total. The van der Waals surface area contributed by atoms with Gasteiger partial charge in [-0.3, -0.25) is 4.79 Å². The van der Waals surface area contributed by atoms with E-state index in [1.54, 1.807) is 12.1 Å². The molecule has 1 saturated heterocycles. The lowest BCUT2D eigenvalue weighted by Gasteiger charge is -2.24. The van der Waals surface area contributed by atoms with Gasteiger partial charge in [-0.25, -0.2) is 4.98 Å². The van der Waals surface area contributed by atoms with E-state index in [0.717, 1.165) is 59.1 Å². The molecular weight excluding hydrogens is 535 g/mol. The number of nitrogens with one attached hydrogen (secondary N) is 1. The molecule has 0 saturated carbocycles. The lowest BCUT2D eigenvalue weighted by molar-refractivity contribution is -0.275. The van der Waals surface area contributed by atoms with E-state index in [9.17, 15) is 18.0 Å². The van der Waals surface area contributed by atoms with E-state index in [2.05, 4.69) is 30.9 Å². The molecule has 1 aromatic heterocycles. The zero-order chi connectivity index (χ0) is 25.9. The van der Waals surface area contributed by atoms with Gasteiger partial charge in [0.25, 0.3) is 5.91 Å². The van der Waals surface area contributed by atoms with Gasteiger partial charge < -0.3 is 15.0 Å². The Morgan fingerprint density at radius 3 is 2.61 bits per heavy atom. The highest BCUT2D eigenvalue weighted by atomic mass is 79.9. The Kier molecular flexibility index (Phi) is 8.07. The van der Waals surface area contributed by atoms with E-state index in [4.69, 9.17) is 4.98 Å². The van der Waals surface area contributed by atoms with E-state index in [0.29, 0.717) is 17.5 Å². The molecule has 2 aromatic carbocycles. The number of benzene rings is 2. The summed E-state index contributed by atoms with van der Waals surface area (Å²) in [6.07, 6.45) is -1.29. The smallest absolute Gasteiger partial charge is 0.405 e. The molecule has 1 unspecified atom stereocenters. The molecule has 1 fully saturated rings. The number of para-hydroxylation sites is 1. The van der Waals surface area contributed by atoms with Crippen LogP contribution in [0.25, 0.3) is 10.9 Å². The first-order valence-electron chi connectivity index (χ1n) is 12.2. The second kappa shape index (κ2) is 11.1. The Morgan fingerprint density at radius 2 is 1.92 bits per heavy atom. The summed E-state index contributed by atoms with van der Waals surface area (Å²) in [6, 6.07) is 11.8. The van der Waals surface area contributed by atoms with Crippen LogP contribution in [0.15, 0.2) is 46.9 Å². The third kappa shape index (κ3) is 5.94. The number of pyridine rings is 1. The van der Waals surface area contributed by atoms with E-state index in [1.165, 1.54) is 12.1 Å². The SMILES string of the molecule is CCCC(CNC(=O)c1c(C)c(N2CCCC2)nc2ccc(Br)cc12)c1ccccc1OC(F)(F)F. The largest absolute Gasteiger partial charge is 0.573 e. The van der Waals surface area contributed by atoms with Crippen LogP contribution >= 0.6 is 15.9 Å². The van der Waals surface area contributed by atoms with Crippen molar-refractivity contribution < 1.29 is 22.7 Å². The molecule has 1 aliphatic rings. The molecule has 192 valence electrons. The molecule has 3 aromatic rings. The van der Waals surface area contributed by atoms with Crippen LogP contribution in [0.3, 0.4) is 0 Å². The Hall–Kier alpha value is -2.81. The van der Waals surface area contributed by atoms with Gasteiger partial charge in [-0.2, -0.15) is 0 Å². The lowest BCUT2D eigenvalue weighted by atomic mass is 9.93. The number of amides is 1. The monoisotopic (exact) mass is 563 g/mol. The summed E-state index contributed by atoms with van der Waals surface area (Å²) in [7, 11) is 0. The standard InChI is InChI=1S/C27H29BrF3N3O2/c1-3-8-18(20-9-4-5-10-23(20)36-27(29,30)31)16-32-26(35)24-17(2)25(34-13-6-7-14-34)33-22-12-11-19(28)15-21(22)24/h4-5,9-12,15,18H,3,6-8,13-14,16H2,1-2H3,(H,32,35).